The molecule has 0 heterocycles. The van der Waals surface area contributed by atoms with Gasteiger partial charge in [-0.2, -0.15) is 0 Å². The molecule has 7 N–H and O–H groups in total. The van der Waals surface area contributed by atoms with Crippen molar-refractivity contribution in [3.8, 4) is 5.75 Å². The molecule has 0 unspecified atom stereocenters. The number of ketones is 2. The van der Waals surface area contributed by atoms with E-state index in [1.165, 1.54) is 43.3 Å². The molecule has 5 rings (SSSR count). The number of carbonyl (C=O) groups is 3. The molecule has 14 heteroatoms. The summed E-state index contributed by atoms with van der Waals surface area (Å²) in [7, 11) is -1.05. The summed E-state index contributed by atoms with van der Waals surface area (Å²) in [5, 5.41) is 44.4. The number of hydrogen-bond donors (Lipinski definition) is 6. The van der Waals surface area contributed by atoms with E-state index >= 15 is 4.39 Å². The average molecular weight is 602 g/mol. The highest BCUT2D eigenvalue weighted by Crippen LogP contribution is 2.52. The highest BCUT2D eigenvalue weighted by Gasteiger charge is 2.63. The van der Waals surface area contributed by atoms with Gasteiger partial charge in [-0.15, -0.1) is 0 Å². The highest BCUT2D eigenvalue weighted by molar-refractivity contribution is 7.89. The van der Waals surface area contributed by atoms with E-state index in [1.54, 1.807) is 6.07 Å². The second-order valence-corrected chi connectivity index (χ2v) is 12.6. The first-order valence-electron chi connectivity index (χ1n) is 12.9. The van der Waals surface area contributed by atoms with Gasteiger partial charge in [0, 0.05) is 29.2 Å². The Balaban J connectivity index is 1.58. The summed E-state index contributed by atoms with van der Waals surface area (Å²) in [4.78, 5) is 40.3. The largest absolute Gasteiger partial charge is 0.510 e. The first-order valence-corrected chi connectivity index (χ1v) is 14.3. The molecular weight excluding hydrogens is 573 g/mol. The number of phenols is 1. The molecule has 0 radical (unpaired) electrons. The van der Waals surface area contributed by atoms with Crippen molar-refractivity contribution in [1.82, 2.24) is 9.62 Å². The van der Waals surface area contributed by atoms with Gasteiger partial charge in [0.05, 0.1) is 16.5 Å². The van der Waals surface area contributed by atoms with E-state index in [2.05, 4.69) is 4.72 Å². The molecule has 1 amide bonds. The number of hydrogen-bond acceptors (Lipinski definition) is 10. The minimum absolute atomic E-state index is 0.0583. The lowest BCUT2D eigenvalue weighted by Gasteiger charge is -2.50. The summed E-state index contributed by atoms with van der Waals surface area (Å²) in [6.07, 6.45) is -0.482. The number of aliphatic hydroxyl groups is 3. The quantitative estimate of drug-likeness (QED) is 0.256. The first-order chi connectivity index (χ1) is 19.6. The topological polar surface area (TPSA) is 208 Å². The smallest absolute Gasteiger partial charge is 0.255 e. The average Bonchev–Trinajstić information content (AvgIpc) is 2.92. The highest BCUT2D eigenvalue weighted by atomic mass is 32.2. The van der Waals surface area contributed by atoms with Gasteiger partial charge in [0.1, 0.15) is 28.7 Å². The molecule has 3 aliphatic carbocycles. The van der Waals surface area contributed by atoms with Crippen molar-refractivity contribution in [2.75, 3.05) is 14.1 Å². The Kier molecular flexibility index (Phi) is 7.01. The molecular formula is C28H28FN3O9S. The molecule has 0 fully saturated rings. The molecule has 0 aromatic heterocycles. The number of aromatic hydroxyl groups is 1. The number of amides is 1. The van der Waals surface area contributed by atoms with Crippen molar-refractivity contribution >= 4 is 27.5 Å². The molecule has 4 atom stereocenters. The Hall–Kier alpha value is -4.11. The predicted molar refractivity (Wildman–Crippen MR) is 144 cm³/mol. The second-order valence-electron chi connectivity index (χ2n) is 10.8. The van der Waals surface area contributed by atoms with Crippen molar-refractivity contribution in [1.29, 1.82) is 0 Å². The minimum atomic E-state index is -4.03. The summed E-state index contributed by atoms with van der Waals surface area (Å²) in [6.45, 7) is -0.551. The normalized spacial score (nSPS) is 25.8. The van der Waals surface area contributed by atoms with Crippen LogP contribution in [0.5, 0.6) is 5.75 Å². The number of nitrogens with two attached hydrogens (primary N) is 1. The Morgan fingerprint density at radius 3 is 2.40 bits per heavy atom. The van der Waals surface area contributed by atoms with Crippen LogP contribution in [0, 0.1) is 17.7 Å². The molecule has 42 heavy (non-hydrogen) atoms. The molecule has 0 aliphatic heterocycles. The SMILES string of the molecule is CN(C)[C@@H]1C(O)=C(C(N)=O)C(=O)[C@@]2(O)C(O)=C3C(=O)c4c(O)cc(CNS(=O)(=O)c5ccccc5)c(F)c4C[C@H]3C[C@@H]12. The maximum Gasteiger partial charge on any atom is 0.255 e. The van der Waals surface area contributed by atoms with Gasteiger partial charge in [-0.05, 0) is 51.1 Å². The summed E-state index contributed by atoms with van der Waals surface area (Å²) in [6, 6.07) is 7.06. The number of carbonyl (C=O) groups excluding carboxylic acids is 3. The number of rotatable bonds is 6. The number of primary amides is 1. The van der Waals surface area contributed by atoms with E-state index in [9.17, 15) is 43.2 Å². The van der Waals surface area contributed by atoms with Crippen molar-refractivity contribution in [3.63, 3.8) is 0 Å². The zero-order valence-electron chi connectivity index (χ0n) is 22.5. The van der Waals surface area contributed by atoms with Crippen LogP contribution in [-0.2, 0) is 32.6 Å². The van der Waals surface area contributed by atoms with Gasteiger partial charge in [0.2, 0.25) is 15.8 Å². The van der Waals surface area contributed by atoms with Gasteiger partial charge in [0.15, 0.2) is 11.4 Å². The third-order valence-electron chi connectivity index (χ3n) is 8.24. The van der Waals surface area contributed by atoms with E-state index < -0.39 is 97.3 Å². The Morgan fingerprint density at radius 2 is 1.81 bits per heavy atom. The third-order valence-corrected chi connectivity index (χ3v) is 9.65. The molecule has 0 saturated carbocycles. The van der Waals surface area contributed by atoms with Gasteiger partial charge in [-0.1, -0.05) is 18.2 Å². The van der Waals surface area contributed by atoms with Gasteiger partial charge < -0.3 is 26.2 Å². The van der Waals surface area contributed by atoms with Crippen LogP contribution in [0.4, 0.5) is 4.39 Å². The Morgan fingerprint density at radius 1 is 1.17 bits per heavy atom. The number of aliphatic hydroxyl groups excluding tert-OH is 2. The predicted octanol–water partition coefficient (Wildman–Crippen LogP) is 0.738. The number of fused-ring (bicyclic) bond motifs is 3. The monoisotopic (exact) mass is 601 g/mol. The van der Waals surface area contributed by atoms with Crippen molar-refractivity contribution in [2.45, 2.75) is 35.9 Å². The number of benzene rings is 2. The van der Waals surface area contributed by atoms with E-state index in [0.29, 0.717) is 0 Å². The molecule has 12 nitrogen and oxygen atoms in total. The Bertz CT molecular complexity index is 1720. The van der Waals surface area contributed by atoms with Crippen LogP contribution in [0.1, 0.15) is 27.9 Å². The fourth-order valence-corrected chi connectivity index (χ4v) is 7.37. The maximum atomic E-state index is 15.8. The standard InChI is InChI=1S/C28H28FN3O9S/c1-32(2)22-16-9-12-8-15-19(23(34)18(12)25(36)28(16,39)26(37)20(24(22)35)27(30)38)17(33)10-13(21(15)29)11-31-42(40,41)14-6-4-3-5-7-14/h3-7,10,12,16,22,31,33,35-36,39H,8-9,11H2,1-2H3,(H2,30,38)/t12-,16-,22-,28-/m0/s1. The summed E-state index contributed by atoms with van der Waals surface area (Å²) >= 11 is 0. The number of halogens is 1. The van der Waals surface area contributed by atoms with Gasteiger partial charge in [0.25, 0.3) is 5.91 Å². The van der Waals surface area contributed by atoms with E-state index in [-0.39, 0.29) is 28.9 Å². The molecule has 0 spiro atoms. The molecule has 0 bridgehead atoms. The number of phenolic OH excluding ortho intramolecular Hbond substituents is 1. The summed E-state index contributed by atoms with van der Waals surface area (Å²) in [5.41, 5.74) is 0.147. The number of allylic oxidation sites excluding steroid dienone is 1. The number of nitrogens with zero attached hydrogens (tertiary/aromatic N) is 1. The number of likely N-dealkylation sites (N-methyl/N-ethyl adjacent to an activating group) is 1. The summed E-state index contributed by atoms with van der Waals surface area (Å²) < 4.78 is 43.4. The maximum absolute atomic E-state index is 15.8. The van der Waals surface area contributed by atoms with Crippen LogP contribution in [0.15, 0.2) is 64.0 Å². The lowest BCUT2D eigenvalue weighted by atomic mass is 9.58. The van der Waals surface area contributed by atoms with Gasteiger partial charge in [-0.3, -0.25) is 19.3 Å². The zero-order valence-corrected chi connectivity index (χ0v) is 23.3. The lowest BCUT2D eigenvalue weighted by Crippen LogP contribution is -2.63. The minimum Gasteiger partial charge on any atom is -0.510 e. The van der Waals surface area contributed by atoms with Crippen LogP contribution in [0.3, 0.4) is 0 Å². The molecule has 2 aromatic carbocycles. The van der Waals surface area contributed by atoms with Crippen LogP contribution in [0.2, 0.25) is 0 Å². The zero-order chi connectivity index (χ0) is 30.9. The molecule has 222 valence electrons. The molecule has 3 aliphatic rings. The van der Waals surface area contributed by atoms with Crippen LogP contribution in [0.25, 0.3) is 0 Å². The van der Waals surface area contributed by atoms with Crippen LogP contribution < -0.4 is 10.5 Å². The summed E-state index contributed by atoms with van der Waals surface area (Å²) in [5.74, 6) is -9.44. The number of sulfonamides is 1. The van der Waals surface area contributed by atoms with Crippen molar-refractivity contribution in [2.24, 2.45) is 17.6 Å². The number of nitrogens with one attached hydrogen (secondary N) is 1. The fraction of sp³-hybridized carbons (Fsp3) is 0.321. The van der Waals surface area contributed by atoms with E-state index in [4.69, 9.17) is 5.73 Å². The lowest BCUT2D eigenvalue weighted by molar-refractivity contribution is -0.148. The first kappa shape index (κ1) is 29.4. The third kappa shape index (κ3) is 4.21. The van der Waals surface area contributed by atoms with E-state index in [0.717, 1.165) is 6.07 Å². The van der Waals surface area contributed by atoms with Gasteiger partial charge >= 0.3 is 0 Å². The van der Waals surface area contributed by atoms with Crippen molar-refractivity contribution in [3.05, 3.63) is 81.6 Å². The fourth-order valence-electron chi connectivity index (χ4n) is 6.34. The second kappa shape index (κ2) is 10.0. The van der Waals surface area contributed by atoms with Crippen LogP contribution >= 0.6 is 0 Å². The van der Waals surface area contributed by atoms with Crippen molar-refractivity contribution < 1.29 is 47.6 Å². The molecule has 0 saturated heterocycles. The van der Waals surface area contributed by atoms with E-state index in [1.807, 2.05) is 0 Å². The van der Waals surface area contributed by atoms with Gasteiger partial charge in [-0.25, -0.2) is 17.5 Å². The molecule has 2 aromatic rings. The van der Waals surface area contributed by atoms with Crippen LogP contribution in [-0.4, -0.2) is 77.0 Å². The number of Topliss-reactive ketones (excluding diaryl/α,β-unsaturated/α-hetero) is 2. The Labute approximate surface area is 239 Å².